The van der Waals surface area contributed by atoms with E-state index in [4.69, 9.17) is 4.74 Å². The van der Waals surface area contributed by atoms with Crippen molar-refractivity contribution in [2.75, 3.05) is 20.2 Å². The molecule has 28 heavy (non-hydrogen) atoms. The first kappa shape index (κ1) is 17.7. The Morgan fingerprint density at radius 3 is 2.54 bits per heavy atom. The van der Waals surface area contributed by atoms with Crippen LogP contribution in [0.2, 0.25) is 0 Å². The van der Waals surface area contributed by atoms with Gasteiger partial charge in [-0.25, -0.2) is 0 Å². The summed E-state index contributed by atoms with van der Waals surface area (Å²) in [7, 11) is 1.67. The van der Waals surface area contributed by atoms with Gasteiger partial charge in [0.15, 0.2) is 0 Å². The zero-order valence-electron chi connectivity index (χ0n) is 16.5. The molecule has 6 heteroatoms. The van der Waals surface area contributed by atoms with E-state index in [9.17, 15) is 4.79 Å². The average Bonchev–Trinajstić information content (AvgIpc) is 3.10. The van der Waals surface area contributed by atoms with Crippen molar-refractivity contribution in [2.45, 2.75) is 56.4 Å². The van der Waals surface area contributed by atoms with Crippen LogP contribution in [0, 0.1) is 5.92 Å². The Morgan fingerprint density at radius 2 is 1.89 bits per heavy atom. The third kappa shape index (κ3) is 2.99. The van der Waals surface area contributed by atoms with Crippen LogP contribution in [-0.2, 0) is 16.6 Å². The Labute approximate surface area is 165 Å². The summed E-state index contributed by atoms with van der Waals surface area (Å²) in [6.07, 6.45) is 9.83. The monoisotopic (exact) mass is 380 g/mol. The summed E-state index contributed by atoms with van der Waals surface area (Å²) in [6.45, 7) is 1.68. The summed E-state index contributed by atoms with van der Waals surface area (Å²) in [5, 5.41) is 8.53. The highest BCUT2D eigenvalue weighted by Gasteiger charge is 2.54. The highest BCUT2D eigenvalue weighted by atomic mass is 16.5. The van der Waals surface area contributed by atoms with Crippen LogP contribution in [0.3, 0.4) is 0 Å². The fourth-order valence-corrected chi connectivity index (χ4v) is 4.99. The maximum Gasteiger partial charge on any atom is 0.233 e. The number of carbonyl (C=O) groups is 1. The molecule has 2 heterocycles. The smallest absolute Gasteiger partial charge is 0.233 e. The molecular weight excluding hydrogens is 352 g/mol. The van der Waals surface area contributed by atoms with Crippen molar-refractivity contribution < 1.29 is 9.53 Å². The summed E-state index contributed by atoms with van der Waals surface area (Å²) in [5.41, 5.74) is 0.837. The van der Waals surface area contributed by atoms with Gasteiger partial charge in [0.2, 0.25) is 5.91 Å². The van der Waals surface area contributed by atoms with E-state index in [1.165, 1.54) is 25.7 Å². The Morgan fingerprint density at radius 1 is 1.18 bits per heavy atom. The molecule has 6 nitrogen and oxygen atoms in total. The largest absolute Gasteiger partial charge is 0.497 e. The van der Waals surface area contributed by atoms with Crippen LogP contribution in [-0.4, -0.2) is 45.8 Å². The van der Waals surface area contributed by atoms with Gasteiger partial charge in [-0.3, -0.25) is 4.79 Å². The summed E-state index contributed by atoms with van der Waals surface area (Å²) < 4.78 is 7.53. The number of likely N-dealkylation sites (tertiary alicyclic amines) is 1. The number of benzene rings is 1. The highest BCUT2D eigenvalue weighted by Crippen LogP contribution is 2.50. The predicted molar refractivity (Wildman–Crippen MR) is 105 cm³/mol. The second-order valence-corrected chi connectivity index (χ2v) is 8.68. The summed E-state index contributed by atoms with van der Waals surface area (Å²) >= 11 is 0. The van der Waals surface area contributed by atoms with Crippen molar-refractivity contribution in [2.24, 2.45) is 5.92 Å². The predicted octanol–water partition coefficient (Wildman–Crippen LogP) is 3.13. The van der Waals surface area contributed by atoms with Gasteiger partial charge in [0.05, 0.1) is 12.5 Å². The lowest BCUT2D eigenvalue weighted by Gasteiger charge is -2.41. The van der Waals surface area contributed by atoms with Gasteiger partial charge < -0.3 is 14.2 Å². The Balaban J connectivity index is 1.20. The van der Waals surface area contributed by atoms with Gasteiger partial charge >= 0.3 is 0 Å². The molecule has 1 aromatic carbocycles. The lowest BCUT2D eigenvalue weighted by molar-refractivity contribution is -0.140. The van der Waals surface area contributed by atoms with E-state index in [2.05, 4.69) is 14.8 Å². The lowest BCUT2D eigenvalue weighted by Crippen LogP contribution is -2.54. The molecule has 2 aromatic rings. The van der Waals surface area contributed by atoms with Gasteiger partial charge in [-0.1, -0.05) is 25.0 Å². The Kier molecular flexibility index (Phi) is 4.37. The van der Waals surface area contributed by atoms with Crippen molar-refractivity contribution in [1.82, 2.24) is 19.7 Å². The van der Waals surface area contributed by atoms with E-state index < -0.39 is 0 Å². The summed E-state index contributed by atoms with van der Waals surface area (Å²) in [6, 6.07) is 8.58. The number of rotatable bonds is 6. The number of aromatic nitrogens is 3. The van der Waals surface area contributed by atoms with Gasteiger partial charge in [-0.05, 0) is 43.4 Å². The van der Waals surface area contributed by atoms with E-state index in [1.54, 1.807) is 7.11 Å². The molecule has 1 amide bonds. The fraction of sp³-hybridized carbons (Fsp3) is 0.591. The van der Waals surface area contributed by atoms with Crippen LogP contribution in [0.4, 0.5) is 0 Å². The number of hydrogen-bond acceptors (Lipinski definition) is 4. The number of hydrogen-bond donors (Lipinski definition) is 0. The molecule has 1 aromatic heterocycles. The molecule has 0 bridgehead atoms. The van der Waals surface area contributed by atoms with Crippen LogP contribution in [0.1, 0.15) is 56.0 Å². The molecule has 2 saturated carbocycles. The second-order valence-electron chi connectivity index (χ2n) is 8.68. The van der Waals surface area contributed by atoms with Crippen molar-refractivity contribution in [3.63, 3.8) is 0 Å². The van der Waals surface area contributed by atoms with Gasteiger partial charge in [0.1, 0.15) is 17.9 Å². The SMILES string of the molecule is COc1ccc(C2(C(=O)N3CC(Cc4nncn4C4CCCC4)C3)CC2)cc1. The fourth-order valence-electron chi connectivity index (χ4n) is 4.99. The van der Waals surface area contributed by atoms with Crippen molar-refractivity contribution in [3.05, 3.63) is 42.0 Å². The highest BCUT2D eigenvalue weighted by molar-refractivity contribution is 5.91. The van der Waals surface area contributed by atoms with E-state index in [0.717, 1.165) is 49.5 Å². The van der Waals surface area contributed by atoms with Crippen LogP contribution >= 0.6 is 0 Å². The number of carbonyl (C=O) groups excluding carboxylic acids is 1. The molecule has 0 radical (unpaired) electrons. The molecular formula is C22H28N4O2. The first-order valence-electron chi connectivity index (χ1n) is 10.5. The van der Waals surface area contributed by atoms with Crippen molar-refractivity contribution >= 4 is 5.91 Å². The molecule has 2 aliphatic carbocycles. The number of amides is 1. The Hall–Kier alpha value is -2.37. The number of methoxy groups -OCH3 is 1. The first-order chi connectivity index (χ1) is 13.7. The normalized spacial score (nSPS) is 21.5. The van der Waals surface area contributed by atoms with E-state index >= 15 is 0 Å². The van der Waals surface area contributed by atoms with Crippen LogP contribution in [0.15, 0.2) is 30.6 Å². The Bertz CT molecular complexity index is 844. The maximum absolute atomic E-state index is 13.2. The second kappa shape index (κ2) is 6.90. The molecule has 0 atom stereocenters. The van der Waals surface area contributed by atoms with E-state index in [1.807, 2.05) is 35.5 Å². The molecule has 3 aliphatic rings. The maximum atomic E-state index is 13.2. The van der Waals surface area contributed by atoms with Crippen LogP contribution in [0.5, 0.6) is 5.75 Å². The third-order valence-corrected chi connectivity index (χ3v) is 6.88. The van der Waals surface area contributed by atoms with Gasteiger partial charge in [-0.15, -0.1) is 10.2 Å². The zero-order valence-corrected chi connectivity index (χ0v) is 16.5. The molecule has 1 saturated heterocycles. The first-order valence-corrected chi connectivity index (χ1v) is 10.5. The minimum absolute atomic E-state index is 0.291. The van der Waals surface area contributed by atoms with E-state index in [0.29, 0.717) is 17.9 Å². The third-order valence-electron chi connectivity index (χ3n) is 6.88. The summed E-state index contributed by atoms with van der Waals surface area (Å²) in [5.74, 6) is 2.73. The topological polar surface area (TPSA) is 60.2 Å². The number of nitrogens with zero attached hydrogens (tertiary/aromatic N) is 4. The van der Waals surface area contributed by atoms with Crippen LogP contribution < -0.4 is 4.74 Å². The summed E-state index contributed by atoms with van der Waals surface area (Å²) in [4.78, 5) is 15.2. The number of ether oxygens (including phenoxy) is 1. The molecule has 1 aliphatic heterocycles. The van der Waals surface area contributed by atoms with Crippen molar-refractivity contribution in [1.29, 1.82) is 0 Å². The minimum atomic E-state index is -0.291. The van der Waals surface area contributed by atoms with Gasteiger partial charge in [0.25, 0.3) is 0 Å². The van der Waals surface area contributed by atoms with Gasteiger partial charge in [-0.2, -0.15) is 0 Å². The molecule has 0 spiro atoms. The molecule has 0 unspecified atom stereocenters. The molecule has 148 valence electrons. The average molecular weight is 380 g/mol. The molecule has 5 rings (SSSR count). The molecule has 0 N–H and O–H groups in total. The quantitative estimate of drug-likeness (QED) is 0.772. The van der Waals surface area contributed by atoms with E-state index in [-0.39, 0.29) is 5.41 Å². The van der Waals surface area contributed by atoms with Crippen LogP contribution in [0.25, 0.3) is 0 Å². The lowest BCUT2D eigenvalue weighted by atomic mass is 9.89. The zero-order chi connectivity index (χ0) is 19.1. The minimum Gasteiger partial charge on any atom is -0.497 e. The van der Waals surface area contributed by atoms with Crippen molar-refractivity contribution in [3.8, 4) is 5.75 Å². The standard InChI is InChI=1S/C22H28N4O2/c1-28-19-8-6-17(7-9-19)22(10-11-22)21(27)25-13-16(14-25)12-20-24-23-15-26(20)18-4-2-3-5-18/h6-9,15-16,18H,2-5,10-14H2,1H3. The van der Waals surface area contributed by atoms with Gasteiger partial charge in [0, 0.05) is 31.5 Å². The molecule has 3 fully saturated rings.